The maximum Gasteiger partial charge on any atom is 0.339 e. The van der Waals surface area contributed by atoms with E-state index in [2.05, 4.69) is 15.9 Å². The molecule has 0 aliphatic carbocycles. The summed E-state index contributed by atoms with van der Waals surface area (Å²) in [5, 5.41) is 28.4. The van der Waals surface area contributed by atoms with Gasteiger partial charge in [0.2, 0.25) is 0 Å². The Bertz CT molecular complexity index is 407. The van der Waals surface area contributed by atoms with E-state index in [1.165, 1.54) is 25.3 Å². The van der Waals surface area contributed by atoms with Crippen LogP contribution in [0.4, 0.5) is 0 Å². The average Bonchev–Trinajstić information content (AvgIpc) is 2.35. The van der Waals surface area contributed by atoms with Crippen LogP contribution in [0.15, 0.2) is 18.2 Å². The number of aliphatic hydroxyl groups excluding tert-OH is 2. The molecule has 0 amide bonds. The minimum absolute atomic E-state index is 0.0502. The zero-order valence-corrected chi connectivity index (χ0v) is 10.7. The molecule has 0 fully saturated rings. The number of carboxylic acid groups (broad SMARTS) is 1. The van der Waals surface area contributed by atoms with Crippen LogP contribution in [-0.2, 0) is 0 Å². The number of benzene rings is 1. The van der Waals surface area contributed by atoms with E-state index < -0.39 is 18.2 Å². The Morgan fingerprint density at radius 1 is 1.47 bits per heavy atom. The maximum absolute atomic E-state index is 11.0. The minimum atomic E-state index is -1.15. The van der Waals surface area contributed by atoms with Crippen LogP contribution in [0.3, 0.4) is 0 Å². The topological polar surface area (TPSA) is 87.0 Å². The minimum Gasteiger partial charge on any atom is -0.496 e. The summed E-state index contributed by atoms with van der Waals surface area (Å²) in [7, 11) is 1.37. The molecular formula is C11H13BrO5. The quantitative estimate of drug-likeness (QED) is 0.711. The van der Waals surface area contributed by atoms with Crippen LogP contribution in [0.2, 0.25) is 0 Å². The van der Waals surface area contributed by atoms with Gasteiger partial charge in [-0.25, -0.2) is 4.79 Å². The SMILES string of the molecule is COc1ccc(C(O)C(O)CBr)cc1C(=O)O. The molecule has 17 heavy (non-hydrogen) atoms. The first-order chi connectivity index (χ1) is 8.01. The van der Waals surface area contributed by atoms with E-state index in [0.717, 1.165) is 0 Å². The van der Waals surface area contributed by atoms with Gasteiger partial charge < -0.3 is 20.1 Å². The van der Waals surface area contributed by atoms with Crippen molar-refractivity contribution in [1.82, 2.24) is 0 Å². The van der Waals surface area contributed by atoms with E-state index in [1.54, 1.807) is 0 Å². The van der Waals surface area contributed by atoms with Crippen LogP contribution in [0.1, 0.15) is 22.0 Å². The molecule has 0 heterocycles. The van der Waals surface area contributed by atoms with Gasteiger partial charge >= 0.3 is 5.97 Å². The summed E-state index contributed by atoms with van der Waals surface area (Å²) in [4.78, 5) is 11.0. The van der Waals surface area contributed by atoms with Crippen molar-refractivity contribution in [1.29, 1.82) is 0 Å². The van der Waals surface area contributed by atoms with Gasteiger partial charge in [-0.1, -0.05) is 22.0 Å². The molecule has 1 aromatic rings. The van der Waals surface area contributed by atoms with Crippen molar-refractivity contribution in [2.75, 3.05) is 12.4 Å². The number of aromatic carboxylic acids is 1. The summed E-state index contributed by atoms with van der Waals surface area (Å²) in [5.74, 6) is -0.939. The van der Waals surface area contributed by atoms with Crippen LogP contribution in [0.5, 0.6) is 5.75 Å². The number of ether oxygens (including phenoxy) is 1. The van der Waals surface area contributed by atoms with Crippen LogP contribution in [0.25, 0.3) is 0 Å². The molecule has 2 unspecified atom stereocenters. The van der Waals surface area contributed by atoms with Crippen molar-refractivity contribution in [3.8, 4) is 5.75 Å². The van der Waals surface area contributed by atoms with Gasteiger partial charge in [0.1, 0.15) is 17.4 Å². The molecule has 0 aromatic heterocycles. The first-order valence-corrected chi connectivity index (χ1v) is 5.96. The molecule has 2 atom stereocenters. The standard InChI is InChI=1S/C11H13BrO5/c1-17-9-3-2-6(4-7(9)11(15)16)10(14)8(13)5-12/h2-4,8,10,13-14H,5H2,1H3,(H,15,16). The number of aliphatic hydroxyl groups is 2. The summed E-state index contributed by atoms with van der Waals surface area (Å²) < 4.78 is 4.89. The Kier molecular flexibility index (Phi) is 4.92. The van der Waals surface area contributed by atoms with E-state index in [9.17, 15) is 15.0 Å². The van der Waals surface area contributed by atoms with Gasteiger partial charge in [-0.05, 0) is 17.7 Å². The first kappa shape index (κ1) is 14.0. The highest BCUT2D eigenvalue weighted by Gasteiger charge is 2.20. The lowest BCUT2D eigenvalue weighted by molar-refractivity contribution is 0.0341. The van der Waals surface area contributed by atoms with E-state index in [-0.39, 0.29) is 16.6 Å². The summed E-state index contributed by atoms with van der Waals surface area (Å²) in [5.41, 5.74) is 0.279. The largest absolute Gasteiger partial charge is 0.496 e. The van der Waals surface area contributed by atoms with Gasteiger partial charge in [0.15, 0.2) is 0 Å². The Hall–Kier alpha value is -1.11. The number of halogens is 1. The number of methoxy groups -OCH3 is 1. The molecule has 0 radical (unpaired) electrons. The molecule has 0 aliphatic rings. The lowest BCUT2D eigenvalue weighted by atomic mass is 10.0. The Balaban J connectivity index is 3.12. The fourth-order valence-electron chi connectivity index (χ4n) is 1.38. The number of hydrogen-bond acceptors (Lipinski definition) is 4. The summed E-state index contributed by atoms with van der Waals surface area (Å²) >= 11 is 3.04. The third kappa shape index (κ3) is 3.18. The molecule has 0 spiro atoms. The molecule has 0 aliphatic heterocycles. The number of carbonyl (C=O) groups is 1. The molecule has 0 saturated heterocycles. The van der Waals surface area contributed by atoms with Crippen molar-refractivity contribution in [2.45, 2.75) is 12.2 Å². The second-order valence-corrected chi connectivity index (χ2v) is 4.08. The summed E-state index contributed by atoms with van der Waals surface area (Å²) in [6.07, 6.45) is -2.14. The van der Waals surface area contributed by atoms with Crippen LogP contribution in [0, 0.1) is 0 Å². The monoisotopic (exact) mass is 304 g/mol. The third-order valence-electron chi connectivity index (χ3n) is 2.32. The van der Waals surface area contributed by atoms with Gasteiger partial charge in [-0.2, -0.15) is 0 Å². The molecule has 6 heteroatoms. The van der Waals surface area contributed by atoms with Gasteiger partial charge in [0.25, 0.3) is 0 Å². The normalized spacial score (nSPS) is 14.1. The number of alkyl halides is 1. The molecule has 1 aromatic carbocycles. The van der Waals surface area contributed by atoms with Crippen molar-refractivity contribution in [3.63, 3.8) is 0 Å². The van der Waals surface area contributed by atoms with Gasteiger partial charge in [-0.15, -0.1) is 0 Å². The van der Waals surface area contributed by atoms with E-state index >= 15 is 0 Å². The van der Waals surface area contributed by atoms with E-state index in [0.29, 0.717) is 5.56 Å². The van der Waals surface area contributed by atoms with Crippen molar-refractivity contribution in [2.24, 2.45) is 0 Å². The lowest BCUT2D eigenvalue weighted by Gasteiger charge is -2.17. The smallest absolute Gasteiger partial charge is 0.339 e. The van der Waals surface area contributed by atoms with Gasteiger partial charge in [0, 0.05) is 5.33 Å². The molecule has 3 N–H and O–H groups in total. The third-order valence-corrected chi connectivity index (χ3v) is 2.98. The zero-order valence-electron chi connectivity index (χ0n) is 9.13. The summed E-state index contributed by atoms with van der Waals surface area (Å²) in [6, 6.07) is 4.25. The molecule has 5 nitrogen and oxygen atoms in total. The van der Waals surface area contributed by atoms with Gasteiger partial charge in [0.05, 0.1) is 13.2 Å². The zero-order chi connectivity index (χ0) is 13.0. The second-order valence-electron chi connectivity index (χ2n) is 3.43. The number of hydrogen-bond donors (Lipinski definition) is 3. The Morgan fingerprint density at radius 3 is 2.59 bits per heavy atom. The first-order valence-electron chi connectivity index (χ1n) is 4.84. The molecule has 0 saturated carbocycles. The maximum atomic E-state index is 11.0. The molecule has 94 valence electrons. The van der Waals surface area contributed by atoms with E-state index in [4.69, 9.17) is 9.84 Å². The average molecular weight is 305 g/mol. The Morgan fingerprint density at radius 2 is 2.12 bits per heavy atom. The lowest BCUT2D eigenvalue weighted by Crippen LogP contribution is -2.19. The van der Waals surface area contributed by atoms with Gasteiger partial charge in [-0.3, -0.25) is 0 Å². The summed E-state index contributed by atoms with van der Waals surface area (Å²) in [6.45, 7) is 0. The highest BCUT2D eigenvalue weighted by molar-refractivity contribution is 9.09. The van der Waals surface area contributed by atoms with Crippen LogP contribution < -0.4 is 4.74 Å². The van der Waals surface area contributed by atoms with Crippen molar-refractivity contribution < 1.29 is 24.9 Å². The predicted molar refractivity (Wildman–Crippen MR) is 64.7 cm³/mol. The number of carboxylic acids is 1. The fraction of sp³-hybridized carbons (Fsp3) is 0.364. The van der Waals surface area contributed by atoms with Crippen LogP contribution in [-0.4, -0.2) is 39.8 Å². The van der Waals surface area contributed by atoms with Crippen LogP contribution >= 0.6 is 15.9 Å². The second kappa shape index (κ2) is 6.00. The van der Waals surface area contributed by atoms with Crippen molar-refractivity contribution in [3.05, 3.63) is 29.3 Å². The highest BCUT2D eigenvalue weighted by atomic mass is 79.9. The molecule has 0 bridgehead atoms. The highest BCUT2D eigenvalue weighted by Crippen LogP contribution is 2.25. The number of rotatable bonds is 5. The predicted octanol–water partition coefficient (Wildman–Crippen LogP) is 1.18. The Labute approximate surface area is 107 Å². The fourth-order valence-corrected chi connectivity index (χ4v) is 1.74. The molecule has 1 rings (SSSR count). The molecular weight excluding hydrogens is 292 g/mol. The van der Waals surface area contributed by atoms with E-state index in [1.807, 2.05) is 0 Å². The van der Waals surface area contributed by atoms with Crippen molar-refractivity contribution >= 4 is 21.9 Å².